The molecule has 1 aliphatic rings. The molecule has 13 heteroatoms. The van der Waals surface area contributed by atoms with Gasteiger partial charge in [-0.1, -0.05) is 46.4 Å². The molecule has 1 fully saturated rings. The quantitative estimate of drug-likeness (QED) is 0.352. The largest absolute Gasteiger partial charge is 0.482 e. The van der Waals surface area contributed by atoms with Crippen LogP contribution in [0.2, 0.25) is 20.1 Å². The number of anilines is 2. The van der Waals surface area contributed by atoms with Crippen LogP contribution >= 0.6 is 46.4 Å². The summed E-state index contributed by atoms with van der Waals surface area (Å²) < 4.78 is 5.59. The minimum Gasteiger partial charge on any atom is -0.482 e. The minimum absolute atomic E-state index is 0.0841. The predicted octanol–water partition coefficient (Wildman–Crippen LogP) is 5.01. The van der Waals surface area contributed by atoms with Gasteiger partial charge in [-0.05, 0) is 36.4 Å². The highest BCUT2D eigenvalue weighted by Crippen LogP contribution is 2.32. The average molecular weight is 579 g/mol. The summed E-state index contributed by atoms with van der Waals surface area (Å²) in [6.45, 7) is 1.79. The van der Waals surface area contributed by atoms with E-state index in [0.717, 1.165) is 0 Å². The number of nitrogens with zero attached hydrogens (tertiary/aromatic N) is 6. The van der Waals surface area contributed by atoms with Crippen molar-refractivity contribution in [2.75, 3.05) is 43.4 Å². The van der Waals surface area contributed by atoms with Crippen molar-refractivity contribution >= 4 is 75.2 Å². The second-order valence-corrected chi connectivity index (χ2v) is 9.88. The molecule has 5 rings (SSSR count). The summed E-state index contributed by atoms with van der Waals surface area (Å²) in [4.78, 5) is 34.3. The standard InChI is InChI=1S/C24H19Cl4N7O2/c25-13-1-3-15(16(27)9-13)18-11-30-22-21(31-18)23(33-24(29)32-22)35-7-5-34(6-8-35)20(36)12-37-19-4-2-14(26)10-17(19)28/h1-4,9-11H,5-8,12H2,(H2,29,30,32,33). The second kappa shape index (κ2) is 10.7. The second-order valence-electron chi connectivity index (χ2n) is 8.19. The van der Waals surface area contributed by atoms with E-state index in [1.165, 1.54) is 0 Å². The third-order valence-corrected chi connectivity index (χ3v) is 6.87. The first-order chi connectivity index (χ1) is 17.8. The zero-order valence-corrected chi connectivity index (χ0v) is 22.2. The van der Waals surface area contributed by atoms with Gasteiger partial charge in [0.25, 0.3) is 5.91 Å². The molecule has 2 aromatic heterocycles. The molecule has 2 N–H and O–H groups in total. The number of hydrogen-bond donors (Lipinski definition) is 1. The highest BCUT2D eigenvalue weighted by atomic mass is 35.5. The Morgan fingerprint density at radius 1 is 0.919 bits per heavy atom. The van der Waals surface area contributed by atoms with Gasteiger partial charge < -0.3 is 20.3 Å². The lowest BCUT2D eigenvalue weighted by molar-refractivity contribution is -0.133. The van der Waals surface area contributed by atoms with E-state index in [0.29, 0.717) is 80.3 Å². The summed E-state index contributed by atoms with van der Waals surface area (Å²) in [6.07, 6.45) is 1.58. The number of aromatic nitrogens is 4. The van der Waals surface area contributed by atoms with E-state index >= 15 is 0 Å². The number of nitrogen functional groups attached to an aromatic ring is 1. The van der Waals surface area contributed by atoms with Gasteiger partial charge in [0.05, 0.1) is 21.9 Å². The Balaban J connectivity index is 1.32. The zero-order chi connectivity index (χ0) is 26.1. The average Bonchev–Trinajstić information content (AvgIpc) is 2.87. The van der Waals surface area contributed by atoms with E-state index in [-0.39, 0.29) is 18.5 Å². The molecule has 0 radical (unpaired) electrons. The summed E-state index contributed by atoms with van der Waals surface area (Å²) in [5.41, 5.74) is 8.04. The van der Waals surface area contributed by atoms with Crippen LogP contribution in [0.5, 0.6) is 5.75 Å². The van der Waals surface area contributed by atoms with Crippen molar-refractivity contribution in [2.24, 2.45) is 0 Å². The van der Waals surface area contributed by atoms with E-state index in [1.54, 1.807) is 47.5 Å². The number of amides is 1. The fourth-order valence-electron chi connectivity index (χ4n) is 3.95. The predicted molar refractivity (Wildman–Crippen MR) is 146 cm³/mol. The lowest BCUT2D eigenvalue weighted by Crippen LogP contribution is -2.50. The Hall–Kier alpha value is -3.11. The van der Waals surface area contributed by atoms with Crippen LogP contribution in [0, 0.1) is 0 Å². The first kappa shape index (κ1) is 25.5. The summed E-state index contributed by atoms with van der Waals surface area (Å²) in [5, 5.41) is 1.81. The normalized spacial score (nSPS) is 13.7. The number of fused-ring (bicyclic) bond motifs is 1. The smallest absolute Gasteiger partial charge is 0.260 e. The van der Waals surface area contributed by atoms with Crippen LogP contribution in [0.25, 0.3) is 22.4 Å². The Morgan fingerprint density at radius 3 is 2.32 bits per heavy atom. The van der Waals surface area contributed by atoms with Crippen LogP contribution in [0.3, 0.4) is 0 Å². The topological polar surface area (TPSA) is 110 Å². The van der Waals surface area contributed by atoms with Crippen molar-refractivity contribution in [3.63, 3.8) is 0 Å². The molecule has 1 aliphatic heterocycles. The molecule has 0 aliphatic carbocycles. The first-order valence-electron chi connectivity index (χ1n) is 11.1. The Labute approximate surface area is 232 Å². The van der Waals surface area contributed by atoms with Crippen LogP contribution in [-0.2, 0) is 4.79 Å². The molecule has 2 aromatic carbocycles. The number of carbonyl (C=O) groups is 1. The number of hydrogen-bond acceptors (Lipinski definition) is 8. The van der Waals surface area contributed by atoms with Crippen molar-refractivity contribution in [3.05, 3.63) is 62.7 Å². The Bertz CT molecular complexity index is 1500. The molecule has 1 amide bonds. The number of halogens is 4. The molecule has 1 saturated heterocycles. The monoisotopic (exact) mass is 577 g/mol. The van der Waals surface area contributed by atoms with Crippen LogP contribution in [0.1, 0.15) is 0 Å². The van der Waals surface area contributed by atoms with E-state index in [4.69, 9.17) is 61.9 Å². The van der Waals surface area contributed by atoms with E-state index < -0.39 is 0 Å². The highest BCUT2D eigenvalue weighted by Gasteiger charge is 2.25. The van der Waals surface area contributed by atoms with Gasteiger partial charge in [-0.3, -0.25) is 4.79 Å². The molecular weight excluding hydrogens is 560 g/mol. The lowest BCUT2D eigenvalue weighted by Gasteiger charge is -2.35. The zero-order valence-electron chi connectivity index (χ0n) is 19.2. The number of piperazine rings is 1. The van der Waals surface area contributed by atoms with Crippen molar-refractivity contribution in [3.8, 4) is 17.0 Å². The van der Waals surface area contributed by atoms with Gasteiger partial charge in [0.15, 0.2) is 23.6 Å². The van der Waals surface area contributed by atoms with Crippen molar-refractivity contribution in [1.29, 1.82) is 0 Å². The molecule has 0 bridgehead atoms. The number of nitrogens with two attached hydrogens (primary N) is 1. The van der Waals surface area contributed by atoms with Gasteiger partial charge in [-0.25, -0.2) is 9.97 Å². The van der Waals surface area contributed by atoms with Gasteiger partial charge in [-0.2, -0.15) is 9.97 Å². The Morgan fingerprint density at radius 2 is 1.62 bits per heavy atom. The fourth-order valence-corrected chi connectivity index (χ4v) is 4.92. The van der Waals surface area contributed by atoms with E-state index in [9.17, 15) is 4.79 Å². The SMILES string of the molecule is Nc1nc(N2CCN(C(=O)COc3ccc(Cl)cc3Cl)CC2)c2nc(-c3ccc(Cl)cc3Cl)cnc2n1. The third kappa shape index (κ3) is 5.60. The third-order valence-electron chi connectivity index (χ3n) is 5.79. The summed E-state index contributed by atoms with van der Waals surface area (Å²) in [5.74, 6) is 0.868. The number of carbonyl (C=O) groups excluding carboxylic acids is 1. The van der Waals surface area contributed by atoms with E-state index in [2.05, 4.69) is 15.0 Å². The molecule has 0 atom stereocenters. The van der Waals surface area contributed by atoms with Crippen molar-refractivity contribution in [1.82, 2.24) is 24.8 Å². The molecule has 190 valence electrons. The van der Waals surface area contributed by atoms with Gasteiger partial charge in [-0.15, -0.1) is 0 Å². The van der Waals surface area contributed by atoms with Crippen LogP contribution in [0.15, 0.2) is 42.6 Å². The maximum atomic E-state index is 12.7. The maximum Gasteiger partial charge on any atom is 0.260 e. The molecule has 4 aromatic rings. The van der Waals surface area contributed by atoms with Crippen LogP contribution in [0.4, 0.5) is 11.8 Å². The maximum absolute atomic E-state index is 12.7. The van der Waals surface area contributed by atoms with Gasteiger partial charge in [0.2, 0.25) is 5.95 Å². The summed E-state index contributed by atoms with van der Waals surface area (Å²) >= 11 is 24.4. The van der Waals surface area contributed by atoms with Gasteiger partial charge in [0, 0.05) is 41.8 Å². The van der Waals surface area contributed by atoms with Crippen LogP contribution in [-0.4, -0.2) is 63.5 Å². The van der Waals surface area contributed by atoms with Crippen LogP contribution < -0.4 is 15.4 Å². The first-order valence-corrected chi connectivity index (χ1v) is 12.7. The molecular formula is C24H19Cl4N7O2. The summed E-state index contributed by atoms with van der Waals surface area (Å²) in [6, 6.07) is 10.0. The Kier molecular flexibility index (Phi) is 7.39. The lowest BCUT2D eigenvalue weighted by atomic mass is 10.1. The van der Waals surface area contributed by atoms with Crippen molar-refractivity contribution in [2.45, 2.75) is 0 Å². The highest BCUT2D eigenvalue weighted by molar-refractivity contribution is 6.36. The molecule has 3 heterocycles. The van der Waals surface area contributed by atoms with E-state index in [1.807, 2.05) is 4.90 Å². The number of rotatable bonds is 5. The fraction of sp³-hybridized carbons (Fsp3) is 0.208. The molecule has 9 nitrogen and oxygen atoms in total. The number of benzene rings is 2. The minimum atomic E-state index is -0.155. The van der Waals surface area contributed by atoms with Gasteiger partial charge in [0.1, 0.15) is 5.75 Å². The molecule has 37 heavy (non-hydrogen) atoms. The van der Waals surface area contributed by atoms with Gasteiger partial charge >= 0.3 is 0 Å². The number of ether oxygens (including phenoxy) is 1. The molecule has 0 unspecified atom stereocenters. The molecule has 0 spiro atoms. The molecule has 0 saturated carbocycles. The van der Waals surface area contributed by atoms with Crippen molar-refractivity contribution < 1.29 is 9.53 Å². The summed E-state index contributed by atoms with van der Waals surface area (Å²) in [7, 11) is 0.